The van der Waals surface area contributed by atoms with Crippen molar-refractivity contribution >= 4 is 11.4 Å². The molecule has 3 nitrogen and oxygen atoms in total. The number of hydrogen-bond donors (Lipinski definition) is 1. The second-order valence-corrected chi connectivity index (χ2v) is 5.46. The molecule has 2 N–H and O–H groups in total. The fourth-order valence-corrected chi connectivity index (χ4v) is 3.02. The molecule has 0 aromatic heterocycles. The number of nitrogen functional groups attached to an aromatic ring is 1. The largest absolute Gasteiger partial charge is 0.397 e. The summed E-state index contributed by atoms with van der Waals surface area (Å²) in [5, 5.41) is 8.88. The molecule has 0 amide bonds. The highest BCUT2D eigenvalue weighted by Gasteiger charge is 2.18. The van der Waals surface area contributed by atoms with Crippen molar-refractivity contribution in [3.05, 3.63) is 23.8 Å². The van der Waals surface area contributed by atoms with Gasteiger partial charge in [-0.1, -0.05) is 19.8 Å². The molecule has 1 unspecified atom stereocenters. The average molecular weight is 257 g/mol. The number of nitrogens with two attached hydrogens (primary N) is 1. The number of hydrogen-bond acceptors (Lipinski definition) is 3. The van der Waals surface area contributed by atoms with Crippen LogP contribution in [0.15, 0.2) is 18.2 Å². The first-order valence-corrected chi connectivity index (χ1v) is 7.29. The number of anilines is 2. The molecule has 3 heteroatoms. The third-order valence-corrected chi connectivity index (χ3v) is 4.04. The monoisotopic (exact) mass is 257 g/mol. The third-order valence-electron chi connectivity index (χ3n) is 4.04. The molecular weight excluding hydrogens is 234 g/mol. The Morgan fingerprint density at radius 1 is 1.37 bits per heavy atom. The second-order valence-electron chi connectivity index (χ2n) is 5.46. The van der Waals surface area contributed by atoms with Gasteiger partial charge in [-0.05, 0) is 43.4 Å². The first-order valence-electron chi connectivity index (χ1n) is 7.29. The van der Waals surface area contributed by atoms with Crippen LogP contribution in [0.1, 0.15) is 44.6 Å². The van der Waals surface area contributed by atoms with Crippen molar-refractivity contribution in [3.63, 3.8) is 0 Å². The topological polar surface area (TPSA) is 53.0 Å². The minimum Gasteiger partial charge on any atom is -0.397 e. The Kier molecular flexibility index (Phi) is 4.68. The zero-order chi connectivity index (χ0) is 13.7. The Hall–Kier alpha value is -1.69. The van der Waals surface area contributed by atoms with Gasteiger partial charge in [-0.2, -0.15) is 5.26 Å². The molecule has 102 valence electrons. The van der Waals surface area contributed by atoms with Crippen molar-refractivity contribution < 1.29 is 0 Å². The summed E-state index contributed by atoms with van der Waals surface area (Å²) in [5.74, 6) is 0.870. The van der Waals surface area contributed by atoms with Gasteiger partial charge < -0.3 is 10.6 Å². The van der Waals surface area contributed by atoms with Gasteiger partial charge in [-0.25, -0.2) is 0 Å². The Bertz CT molecular complexity index is 462. The first-order chi connectivity index (χ1) is 9.24. The molecule has 0 saturated carbocycles. The molecule has 0 radical (unpaired) electrons. The molecule has 1 aromatic rings. The summed E-state index contributed by atoms with van der Waals surface area (Å²) in [5.41, 5.74) is 8.54. The minimum absolute atomic E-state index is 0.639. The van der Waals surface area contributed by atoms with Crippen LogP contribution in [-0.4, -0.2) is 13.1 Å². The molecule has 0 bridgehead atoms. The lowest BCUT2D eigenvalue weighted by atomic mass is 9.96. The second kappa shape index (κ2) is 6.47. The van der Waals surface area contributed by atoms with Crippen LogP contribution in [-0.2, 0) is 0 Å². The van der Waals surface area contributed by atoms with Gasteiger partial charge in [0.25, 0.3) is 0 Å². The van der Waals surface area contributed by atoms with Gasteiger partial charge in [0.15, 0.2) is 0 Å². The maximum Gasteiger partial charge on any atom is 0.0992 e. The normalized spacial score (nSPS) is 19.8. The van der Waals surface area contributed by atoms with E-state index >= 15 is 0 Å². The fraction of sp³-hybridized carbons (Fsp3) is 0.562. The zero-order valence-corrected chi connectivity index (χ0v) is 11.7. The van der Waals surface area contributed by atoms with E-state index in [1.807, 2.05) is 12.1 Å². The van der Waals surface area contributed by atoms with Crippen LogP contribution < -0.4 is 10.6 Å². The molecule has 19 heavy (non-hydrogen) atoms. The third kappa shape index (κ3) is 3.41. The van der Waals surface area contributed by atoms with Gasteiger partial charge >= 0.3 is 0 Å². The lowest BCUT2D eigenvalue weighted by molar-refractivity contribution is 0.435. The Labute approximate surface area is 116 Å². The lowest BCUT2D eigenvalue weighted by Gasteiger charge is -2.24. The Morgan fingerprint density at radius 2 is 2.21 bits per heavy atom. The highest BCUT2D eigenvalue weighted by molar-refractivity contribution is 5.69. The number of rotatable bonds is 3. The quantitative estimate of drug-likeness (QED) is 0.842. The van der Waals surface area contributed by atoms with E-state index in [-0.39, 0.29) is 0 Å². The van der Waals surface area contributed by atoms with Gasteiger partial charge in [-0.3, -0.25) is 0 Å². The van der Waals surface area contributed by atoms with Crippen LogP contribution in [0.25, 0.3) is 0 Å². The summed E-state index contributed by atoms with van der Waals surface area (Å²) in [7, 11) is 0. The lowest BCUT2D eigenvalue weighted by Crippen LogP contribution is -2.25. The molecule has 0 aliphatic carbocycles. The van der Waals surface area contributed by atoms with E-state index < -0.39 is 0 Å². The number of benzene rings is 1. The zero-order valence-electron chi connectivity index (χ0n) is 11.7. The van der Waals surface area contributed by atoms with E-state index in [0.29, 0.717) is 5.56 Å². The van der Waals surface area contributed by atoms with Crippen LogP contribution in [0.2, 0.25) is 0 Å². The molecule has 1 aliphatic rings. The van der Waals surface area contributed by atoms with E-state index in [4.69, 9.17) is 11.0 Å². The molecule has 1 heterocycles. The average Bonchev–Trinajstić information content (AvgIpc) is 2.65. The highest BCUT2D eigenvalue weighted by atomic mass is 15.1. The van der Waals surface area contributed by atoms with Crippen LogP contribution in [0.3, 0.4) is 0 Å². The summed E-state index contributed by atoms with van der Waals surface area (Å²) < 4.78 is 0. The van der Waals surface area contributed by atoms with Crippen LogP contribution in [0.4, 0.5) is 11.4 Å². The molecule has 1 aromatic carbocycles. The Morgan fingerprint density at radius 3 is 2.89 bits per heavy atom. The maximum absolute atomic E-state index is 8.88. The van der Waals surface area contributed by atoms with Crippen LogP contribution in [0, 0.1) is 17.2 Å². The van der Waals surface area contributed by atoms with Crippen molar-refractivity contribution in [2.24, 2.45) is 5.92 Å². The van der Waals surface area contributed by atoms with Gasteiger partial charge in [0, 0.05) is 13.1 Å². The van der Waals surface area contributed by atoms with Crippen molar-refractivity contribution in [1.82, 2.24) is 0 Å². The standard InChI is InChI=1S/C16H23N3/c1-2-4-13-5-3-9-19(10-8-13)16-7-6-14(12-17)11-15(16)18/h6-7,11,13H,2-5,8-10,18H2,1H3. The molecule has 1 aliphatic heterocycles. The van der Waals surface area contributed by atoms with Crippen molar-refractivity contribution in [2.45, 2.75) is 39.0 Å². The van der Waals surface area contributed by atoms with Gasteiger partial charge in [0.2, 0.25) is 0 Å². The summed E-state index contributed by atoms with van der Waals surface area (Å²) in [4.78, 5) is 2.38. The maximum atomic E-state index is 8.88. The van der Waals surface area contributed by atoms with Gasteiger partial charge in [0.05, 0.1) is 23.0 Å². The predicted molar refractivity (Wildman–Crippen MR) is 80.0 cm³/mol. The smallest absolute Gasteiger partial charge is 0.0992 e. The van der Waals surface area contributed by atoms with E-state index in [1.165, 1.54) is 32.1 Å². The molecular formula is C16H23N3. The summed E-state index contributed by atoms with van der Waals surface area (Å²) >= 11 is 0. The first kappa shape index (κ1) is 13.7. The van der Waals surface area contributed by atoms with Crippen molar-refractivity contribution in [2.75, 3.05) is 23.7 Å². The fourth-order valence-electron chi connectivity index (χ4n) is 3.02. The molecule has 2 rings (SSSR count). The minimum atomic E-state index is 0.639. The van der Waals surface area contributed by atoms with Crippen LogP contribution >= 0.6 is 0 Å². The molecule has 0 spiro atoms. The summed E-state index contributed by atoms with van der Waals surface area (Å²) in [6.45, 7) is 4.43. The van der Waals surface area contributed by atoms with Gasteiger partial charge in [0.1, 0.15) is 0 Å². The number of nitriles is 1. The summed E-state index contributed by atoms with van der Waals surface area (Å²) in [6, 6.07) is 7.77. The number of nitrogens with zero attached hydrogens (tertiary/aromatic N) is 2. The highest BCUT2D eigenvalue weighted by Crippen LogP contribution is 2.29. The van der Waals surface area contributed by atoms with E-state index in [0.717, 1.165) is 30.4 Å². The van der Waals surface area contributed by atoms with Gasteiger partial charge in [-0.15, -0.1) is 0 Å². The van der Waals surface area contributed by atoms with E-state index in [1.54, 1.807) is 6.07 Å². The SMILES string of the molecule is CCCC1CCCN(c2ccc(C#N)cc2N)CC1. The molecule has 1 fully saturated rings. The van der Waals surface area contributed by atoms with Crippen LogP contribution in [0.5, 0.6) is 0 Å². The van der Waals surface area contributed by atoms with E-state index in [2.05, 4.69) is 17.9 Å². The Balaban J connectivity index is 2.08. The predicted octanol–water partition coefficient (Wildman–Crippen LogP) is 3.55. The summed E-state index contributed by atoms with van der Waals surface area (Å²) in [6.07, 6.45) is 6.46. The molecule has 1 atom stereocenters. The van der Waals surface area contributed by atoms with Crippen molar-refractivity contribution in [3.8, 4) is 6.07 Å². The van der Waals surface area contributed by atoms with E-state index in [9.17, 15) is 0 Å². The van der Waals surface area contributed by atoms with Crippen molar-refractivity contribution in [1.29, 1.82) is 5.26 Å². The molecule has 1 saturated heterocycles.